The van der Waals surface area contributed by atoms with Gasteiger partial charge in [-0.2, -0.15) is 0 Å². The van der Waals surface area contributed by atoms with Gasteiger partial charge in [0.1, 0.15) is 11.6 Å². The van der Waals surface area contributed by atoms with Crippen molar-refractivity contribution in [2.24, 2.45) is 0 Å². The van der Waals surface area contributed by atoms with E-state index in [0.29, 0.717) is 12.4 Å². The smallest absolute Gasteiger partial charge is 0.255 e. The third kappa shape index (κ3) is 3.86. The second-order valence-electron chi connectivity index (χ2n) is 6.93. The Bertz CT molecular complexity index is 1060. The second kappa shape index (κ2) is 7.85. The van der Waals surface area contributed by atoms with E-state index in [0.717, 1.165) is 57.8 Å². The SMILES string of the molecule is COc1ccc(Br)cc1-c1ccc(CN2CCc3nc(C)[nH]c(=O)c3C2)cn1. The zero-order valence-corrected chi connectivity index (χ0v) is 17.4. The quantitative estimate of drug-likeness (QED) is 0.672. The normalized spacial score (nSPS) is 14.0. The first-order chi connectivity index (χ1) is 13.5. The van der Waals surface area contributed by atoms with E-state index in [9.17, 15) is 4.79 Å². The average Bonchev–Trinajstić information content (AvgIpc) is 2.69. The van der Waals surface area contributed by atoms with Gasteiger partial charge in [-0.1, -0.05) is 22.0 Å². The van der Waals surface area contributed by atoms with Crippen LogP contribution < -0.4 is 10.3 Å². The number of nitrogens with zero attached hydrogens (tertiary/aromatic N) is 3. The van der Waals surface area contributed by atoms with Crippen LogP contribution in [-0.4, -0.2) is 33.5 Å². The molecule has 28 heavy (non-hydrogen) atoms. The molecule has 0 fully saturated rings. The number of halogens is 1. The first-order valence-electron chi connectivity index (χ1n) is 9.13. The maximum Gasteiger partial charge on any atom is 0.255 e. The van der Waals surface area contributed by atoms with Crippen molar-refractivity contribution in [2.75, 3.05) is 13.7 Å². The molecule has 144 valence electrons. The van der Waals surface area contributed by atoms with E-state index < -0.39 is 0 Å². The Balaban J connectivity index is 1.51. The van der Waals surface area contributed by atoms with Crippen LogP contribution in [0.25, 0.3) is 11.3 Å². The lowest BCUT2D eigenvalue weighted by Crippen LogP contribution is -2.35. The molecule has 0 bridgehead atoms. The molecule has 6 nitrogen and oxygen atoms in total. The summed E-state index contributed by atoms with van der Waals surface area (Å²) < 4.78 is 6.43. The Kier molecular flexibility index (Phi) is 5.28. The molecule has 3 aromatic rings. The number of aromatic nitrogens is 3. The Morgan fingerprint density at radius 1 is 1.29 bits per heavy atom. The lowest BCUT2D eigenvalue weighted by Gasteiger charge is -2.27. The number of pyridine rings is 1. The van der Waals surface area contributed by atoms with Crippen molar-refractivity contribution in [2.45, 2.75) is 26.4 Å². The van der Waals surface area contributed by atoms with Gasteiger partial charge in [0.2, 0.25) is 0 Å². The van der Waals surface area contributed by atoms with Gasteiger partial charge >= 0.3 is 0 Å². The summed E-state index contributed by atoms with van der Waals surface area (Å²) in [5.74, 6) is 1.47. The van der Waals surface area contributed by atoms with E-state index in [2.05, 4.69) is 41.8 Å². The van der Waals surface area contributed by atoms with Crippen molar-refractivity contribution < 1.29 is 4.74 Å². The molecule has 4 rings (SSSR count). The minimum absolute atomic E-state index is 0.0255. The zero-order valence-electron chi connectivity index (χ0n) is 15.8. The van der Waals surface area contributed by atoms with Crippen LogP contribution in [0.2, 0.25) is 0 Å². The summed E-state index contributed by atoms with van der Waals surface area (Å²) in [5.41, 5.74) is 4.60. The van der Waals surface area contributed by atoms with Crippen LogP contribution in [0, 0.1) is 6.92 Å². The third-order valence-corrected chi connectivity index (χ3v) is 5.43. The van der Waals surface area contributed by atoms with Gasteiger partial charge in [0.05, 0.1) is 24.1 Å². The van der Waals surface area contributed by atoms with Crippen LogP contribution in [0.1, 0.15) is 22.6 Å². The maximum atomic E-state index is 12.2. The van der Waals surface area contributed by atoms with Gasteiger partial charge in [-0.3, -0.25) is 14.7 Å². The van der Waals surface area contributed by atoms with E-state index in [1.165, 1.54) is 0 Å². The minimum atomic E-state index is -0.0255. The number of nitrogens with one attached hydrogen (secondary N) is 1. The summed E-state index contributed by atoms with van der Waals surface area (Å²) in [6.45, 7) is 4.06. The number of aryl methyl sites for hydroxylation is 1. The number of ether oxygens (including phenoxy) is 1. The molecule has 1 N–H and O–H groups in total. The molecule has 0 spiro atoms. The number of hydrogen-bond acceptors (Lipinski definition) is 5. The van der Waals surface area contributed by atoms with Crippen LogP contribution >= 0.6 is 15.9 Å². The zero-order chi connectivity index (χ0) is 19.7. The monoisotopic (exact) mass is 440 g/mol. The van der Waals surface area contributed by atoms with E-state index in [1.54, 1.807) is 7.11 Å². The van der Waals surface area contributed by atoms with Gasteiger partial charge < -0.3 is 9.72 Å². The Labute approximate surface area is 171 Å². The highest BCUT2D eigenvalue weighted by Gasteiger charge is 2.20. The summed E-state index contributed by atoms with van der Waals surface area (Å²) in [4.78, 5) is 26.4. The number of rotatable bonds is 4. The molecule has 0 saturated heterocycles. The second-order valence-corrected chi connectivity index (χ2v) is 7.85. The van der Waals surface area contributed by atoms with Crippen molar-refractivity contribution in [3.8, 4) is 17.0 Å². The van der Waals surface area contributed by atoms with Crippen molar-refractivity contribution in [1.82, 2.24) is 19.9 Å². The lowest BCUT2D eigenvalue weighted by molar-refractivity contribution is 0.241. The number of benzene rings is 1. The van der Waals surface area contributed by atoms with Gasteiger partial charge in [-0.05, 0) is 36.8 Å². The Hall–Kier alpha value is -2.51. The van der Waals surface area contributed by atoms with E-state index in [-0.39, 0.29) is 5.56 Å². The molecular formula is C21H21BrN4O2. The highest BCUT2D eigenvalue weighted by atomic mass is 79.9. The van der Waals surface area contributed by atoms with Crippen LogP contribution in [0.4, 0.5) is 0 Å². The summed E-state index contributed by atoms with van der Waals surface area (Å²) >= 11 is 3.50. The van der Waals surface area contributed by atoms with Crippen molar-refractivity contribution in [3.63, 3.8) is 0 Å². The molecule has 0 atom stereocenters. The van der Waals surface area contributed by atoms with Crippen LogP contribution in [0.5, 0.6) is 5.75 Å². The van der Waals surface area contributed by atoms with Gasteiger partial charge in [-0.25, -0.2) is 4.98 Å². The maximum absolute atomic E-state index is 12.2. The van der Waals surface area contributed by atoms with Crippen LogP contribution in [-0.2, 0) is 19.5 Å². The molecule has 0 unspecified atom stereocenters. The molecule has 0 amide bonds. The van der Waals surface area contributed by atoms with Gasteiger partial charge in [0.25, 0.3) is 5.56 Å². The lowest BCUT2D eigenvalue weighted by atomic mass is 10.1. The fourth-order valence-corrected chi connectivity index (χ4v) is 3.92. The number of fused-ring (bicyclic) bond motifs is 1. The molecule has 1 aliphatic rings. The molecule has 0 saturated carbocycles. The highest BCUT2D eigenvalue weighted by Crippen LogP contribution is 2.31. The number of hydrogen-bond donors (Lipinski definition) is 1. The Morgan fingerprint density at radius 2 is 2.14 bits per heavy atom. The third-order valence-electron chi connectivity index (χ3n) is 4.93. The fraction of sp³-hybridized carbons (Fsp3) is 0.286. The summed E-state index contributed by atoms with van der Waals surface area (Å²) in [5, 5.41) is 0. The predicted molar refractivity (Wildman–Crippen MR) is 111 cm³/mol. The summed E-state index contributed by atoms with van der Waals surface area (Å²) in [6, 6.07) is 9.96. The molecule has 0 radical (unpaired) electrons. The average molecular weight is 441 g/mol. The van der Waals surface area contributed by atoms with Crippen molar-refractivity contribution >= 4 is 15.9 Å². The number of methoxy groups -OCH3 is 1. The van der Waals surface area contributed by atoms with Gasteiger partial charge in [0, 0.05) is 42.3 Å². The number of aromatic amines is 1. The largest absolute Gasteiger partial charge is 0.496 e. The molecule has 2 aromatic heterocycles. The molecule has 7 heteroatoms. The summed E-state index contributed by atoms with van der Waals surface area (Å²) in [6.07, 6.45) is 2.68. The van der Waals surface area contributed by atoms with Crippen molar-refractivity contribution in [1.29, 1.82) is 0 Å². The minimum Gasteiger partial charge on any atom is -0.496 e. The molecule has 0 aliphatic carbocycles. The van der Waals surface area contributed by atoms with E-state index >= 15 is 0 Å². The fourth-order valence-electron chi connectivity index (χ4n) is 3.56. The number of H-pyrrole nitrogens is 1. The summed E-state index contributed by atoms with van der Waals surface area (Å²) in [7, 11) is 1.66. The molecule has 3 heterocycles. The van der Waals surface area contributed by atoms with Crippen molar-refractivity contribution in [3.05, 3.63) is 74.0 Å². The predicted octanol–water partition coefficient (Wildman–Crippen LogP) is 3.47. The van der Waals surface area contributed by atoms with Gasteiger partial charge in [0.15, 0.2) is 0 Å². The first-order valence-corrected chi connectivity index (χ1v) is 9.92. The van der Waals surface area contributed by atoms with E-state index in [1.807, 2.05) is 37.4 Å². The van der Waals surface area contributed by atoms with Crippen LogP contribution in [0.15, 0.2) is 45.8 Å². The Morgan fingerprint density at radius 3 is 2.89 bits per heavy atom. The molecule has 1 aliphatic heterocycles. The molecule has 1 aromatic carbocycles. The van der Waals surface area contributed by atoms with Gasteiger partial charge in [-0.15, -0.1) is 0 Å². The highest BCUT2D eigenvalue weighted by molar-refractivity contribution is 9.10. The van der Waals surface area contributed by atoms with Crippen LogP contribution in [0.3, 0.4) is 0 Å². The molecular weight excluding hydrogens is 420 g/mol. The topological polar surface area (TPSA) is 71.1 Å². The standard InChI is InChI=1S/C21H21BrN4O2/c1-13-24-19-7-8-26(12-17(19)21(27)25-13)11-14-3-5-18(23-10-14)16-9-15(22)4-6-20(16)28-2/h3-6,9-10H,7-8,11-12H2,1-2H3,(H,24,25,27). The van der Waals surface area contributed by atoms with E-state index in [4.69, 9.17) is 4.74 Å². The first kappa shape index (κ1) is 18.8.